The molecular weight excluding hydrogens is 229 g/mol. The van der Waals surface area contributed by atoms with E-state index in [1.165, 1.54) is 0 Å². The van der Waals surface area contributed by atoms with E-state index in [-0.39, 0.29) is 0 Å². The van der Waals surface area contributed by atoms with Gasteiger partial charge in [-0.2, -0.15) is 11.8 Å². The number of nitrogens with one attached hydrogen (secondary N) is 1. The lowest BCUT2D eigenvalue weighted by atomic mass is 10.4. The van der Waals surface area contributed by atoms with Crippen molar-refractivity contribution < 1.29 is 0 Å². The van der Waals surface area contributed by atoms with E-state index in [2.05, 4.69) is 15.5 Å². The normalized spacial score (nSPS) is 10.1. The summed E-state index contributed by atoms with van der Waals surface area (Å²) in [4.78, 5) is 0. The predicted molar refractivity (Wildman–Crippen MR) is 58.9 cm³/mol. The first kappa shape index (κ1) is 10.9. The van der Waals surface area contributed by atoms with E-state index >= 15 is 0 Å². The van der Waals surface area contributed by atoms with Crippen molar-refractivity contribution in [3.63, 3.8) is 0 Å². The van der Waals surface area contributed by atoms with Gasteiger partial charge in [0.25, 0.3) is 0 Å². The van der Waals surface area contributed by atoms with Crippen LogP contribution >= 0.6 is 35.0 Å². The summed E-state index contributed by atoms with van der Waals surface area (Å²) in [6.45, 7) is 0.836. The minimum absolute atomic E-state index is 0.344. The number of hydrogen-bond acceptors (Lipinski definition) is 4. The van der Waals surface area contributed by atoms with Crippen LogP contribution in [0.4, 0.5) is 5.69 Å². The van der Waals surface area contributed by atoms with E-state index in [1.807, 2.05) is 6.26 Å². The summed E-state index contributed by atoms with van der Waals surface area (Å²) in [7, 11) is 0. The third-order valence-corrected chi connectivity index (χ3v) is 2.42. The van der Waals surface area contributed by atoms with E-state index in [4.69, 9.17) is 23.2 Å². The summed E-state index contributed by atoms with van der Waals surface area (Å²) in [6.07, 6.45) is 2.04. The molecule has 13 heavy (non-hydrogen) atoms. The Balaban J connectivity index is 2.59. The molecule has 0 aliphatic carbocycles. The average molecular weight is 238 g/mol. The Labute approximate surface area is 91.2 Å². The molecule has 0 radical (unpaired) electrons. The highest BCUT2D eigenvalue weighted by molar-refractivity contribution is 7.98. The van der Waals surface area contributed by atoms with Crippen molar-refractivity contribution in [2.75, 3.05) is 23.9 Å². The van der Waals surface area contributed by atoms with Gasteiger partial charge in [0.2, 0.25) is 0 Å². The van der Waals surface area contributed by atoms with Crippen molar-refractivity contribution >= 4 is 40.7 Å². The first-order valence-corrected chi connectivity index (χ1v) is 5.80. The molecule has 0 aromatic carbocycles. The van der Waals surface area contributed by atoms with Crippen LogP contribution in [0.25, 0.3) is 0 Å². The van der Waals surface area contributed by atoms with Crippen LogP contribution in [-0.4, -0.2) is 28.8 Å². The fraction of sp³-hybridized carbons (Fsp3) is 0.429. The summed E-state index contributed by atoms with van der Waals surface area (Å²) < 4.78 is 0. The second-order valence-electron chi connectivity index (χ2n) is 2.29. The van der Waals surface area contributed by atoms with Crippen LogP contribution in [0.5, 0.6) is 0 Å². The van der Waals surface area contributed by atoms with Crippen molar-refractivity contribution in [1.29, 1.82) is 0 Å². The number of thioether (sulfide) groups is 1. The lowest BCUT2D eigenvalue weighted by Crippen LogP contribution is -2.05. The molecule has 0 aliphatic rings. The van der Waals surface area contributed by atoms with Crippen LogP contribution in [0.2, 0.25) is 10.3 Å². The zero-order chi connectivity index (χ0) is 9.68. The minimum atomic E-state index is 0.344. The fourth-order valence-electron chi connectivity index (χ4n) is 0.765. The van der Waals surface area contributed by atoms with Crippen molar-refractivity contribution in [1.82, 2.24) is 10.2 Å². The molecule has 6 heteroatoms. The van der Waals surface area contributed by atoms with Gasteiger partial charge in [0.15, 0.2) is 10.3 Å². The lowest BCUT2D eigenvalue weighted by molar-refractivity contribution is 1.03. The quantitative estimate of drug-likeness (QED) is 0.818. The van der Waals surface area contributed by atoms with Crippen LogP contribution in [0.1, 0.15) is 0 Å². The van der Waals surface area contributed by atoms with E-state index in [0.29, 0.717) is 10.3 Å². The van der Waals surface area contributed by atoms with Gasteiger partial charge in [0.1, 0.15) is 0 Å². The van der Waals surface area contributed by atoms with Crippen LogP contribution in [0.15, 0.2) is 6.07 Å². The maximum absolute atomic E-state index is 5.77. The fourth-order valence-corrected chi connectivity index (χ4v) is 1.38. The summed E-state index contributed by atoms with van der Waals surface area (Å²) in [5.74, 6) is 1.01. The number of aromatic nitrogens is 2. The number of hydrogen-bond donors (Lipinski definition) is 1. The molecule has 1 aromatic heterocycles. The van der Waals surface area contributed by atoms with Gasteiger partial charge >= 0.3 is 0 Å². The molecule has 1 aromatic rings. The zero-order valence-electron chi connectivity index (χ0n) is 7.05. The van der Waals surface area contributed by atoms with Gasteiger partial charge < -0.3 is 5.32 Å². The predicted octanol–water partition coefficient (Wildman–Crippen LogP) is 2.56. The average Bonchev–Trinajstić information content (AvgIpc) is 2.11. The molecule has 72 valence electrons. The van der Waals surface area contributed by atoms with Gasteiger partial charge in [-0.15, -0.1) is 10.2 Å². The molecule has 0 unspecified atom stereocenters. The Bertz CT molecular complexity index is 282. The largest absolute Gasteiger partial charge is 0.382 e. The molecule has 3 nitrogen and oxygen atoms in total. The molecule has 1 N–H and O–H groups in total. The monoisotopic (exact) mass is 237 g/mol. The smallest absolute Gasteiger partial charge is 0.174 e. The van der Waals surface area contributed by atoms with Gasteiger partial charge in [-0.1, -0.05) is 23.2 Å². The highest BCUT2D eigenvalue weighted by Crippen LogP contribution is 2.20. The number of nitrogens with zero attached hydrogens (tertiary/aromatic N) is 2. The van der Waals surface area contributed by atoms with Crippen molar-refractivity contribution in [2.45, 2.75) is 0 Å². The van der Waals surface area contributed by atoms with Gasteiger partial charge in [-0.3, -0.25) is 0 Å². The van der Waals surface area contributed by atoms with Crippen LogP contribution in [0, 0.1) is 0 Å². The van der Waals surface area contributed by atoms with Gasteiger partial charge in [0.05, 0.1) is 5.69 Å². The van der Waals surface area contributed by atoms with Crippen molar-refractivity contribution in [2.24, 2.45) is 0 Å². The van der Waals surface area contributed by atoms with E-state index in [0.717, 1.165) is 18.0 Å². The minimum Gasteiger partial charge on any atom is -0.382 e. The SMILES string of the molecule is CSCCNc1cc(Cl)nnc1Cl. The Morgan fingerprint density at radius 1 is 1.46 bits per heavy atom. The van der Waals surface area contributed by atoms with Gasteiger partial charge in [-0.05, 0) is 6.26 Å². The molecule has 1 rings (SSSR count). The number of rotatable bonds is 4. The Kier molecular flexibility index (Phi) is 4.62. The molecule has 0 spiro atoms. The third-order valence-electron chi connectivity index (χ3n) is 1.34. The zero-order valence-corrected chi connectivity index (χ0v) is 9.38. The van der Waals surface area contributed by atoms with E-state index in [1.54, 1.807) is 17.8 Å². The first-order valence-electron chi connectivity index (χ1n) is 3.65. The maximum Gasteiger partial charge on any atom is 0.174 e. The number of anilines is 1. The Morgan fingerprint density at radius 3 is 2.92 bits per heavy atom. The molecule has 0 amide bonds. The van der Waals surface area contributed by atoms with E-state index in [9.17, 15) is 0 Å². The maximum atomic E-state index is 5.77. The first-order chi connectivity index (χ1) is 6.24. The van der Waals surface area contributed by atoms with Crippen LogP contribution < -0.4 is 5.32 Å². The molecule has 0 saturated heterocycles. The lowest BCUT2D eigenvalue weighted by Gasteiger charge is -2.05. The standard InChI is InChI=1S/C7H9Cl2N3S/c1-13-3-2-10-5-4-6(8)11-12-7(5)9/h4H,2-3H2,1H3,(H,10,11). The Hall–Kier alpha value is -0.190. The highest BCUT2D eigenvalue weighted by atomic mass is 35.5. The third kappa shape index (κ3) is 3.58. The van der Waals surface area contributed by atoms with Crippen LogP contribution in [-0.2, 0) is 0 Å². The number of halogens is 2. The molecule has 0 bridgehead atoms. The summed E-state index contributed by atoms with van der Waals surface area (Å²) >= 11 is 13.2. The topological polar surface area (TPSA) is 37.8 Å². The summed E-state index contributed by atoms with van der Waals surface area (Å²) in [5.41, 5.74) is 0.732. The van der Waals surface area contributed by atoms with Gasteiger partial charge in [-0.25, -0.2) is 0 Å². The summed E-state index contributed by atoms with van der Waals surface area (Å²) in [6, 6.07) is 1.66. The molecular formula is C7H9Cl2N3S. The Morgan fingerprint density at radius 2 is 2.23 bits per heavy atom. The highest BCUT2D eigenvalue weighted by Gasteiger charge is 2.02. The molecule has 0 saturated carbocycles. The van der Waals surface area contributed by atoms with E-state index < -0.39 is 0 Å². The second kappa shape index (κ2) is 5.52. The molecule has 0 atom stereocenters. The molecule has 1 heterocycles. The molecule has 0 aliphatic heterocycles. The van der Waals surface area contributed by atoms with Crippen LogP contribution in [0.3, 0.4) is 0 Å². The summed E-state index contributed by atoms with van der Waals surface area (Å²) in [5, 5.41) is 11.1. The van der Waals surface area contributed by atoms with Crippen molar-refractivity contribution in [3.05, 3.63) is 16.4 Å². The molecule has 0 fully saturated rings. The van der Waals surface area contributed by atoms with Gasteiger partial charge in [0, 0.05) is 18.4 Å². The van der Waals surface area contributed by atoms with Crippen molar-refractivity contribution in [3.8, 4) is 0 Å². The second-order valence-corrected chi connectivity index (χ2v) is 4.02.